The number of hydrogen-bond donors (Lipinski definition) is 3. The van der Waals surface area contributed by atoms with E-state index >= 15 is 0 Å². The van der Waals surface area contributed by atoms with E-state index in [0.717, 1.165) is 62.4 Å². The van der Waals surface area contributed by atoms with Crippen molar-refractivity contribution in [3.63, 3.8) is 0 Å². The van der Waals surface area contributed by atoms with Gasteiger partial charge in [0.1, 0.15) is 0 Å². The highest BCUT2D eigenvalue weighted by Gasteiger charge is 2.35. The van der Waals surface area contributed by atoms with Crippen molar-refractivity contribution >= 4 is 23.3 Å². The topological polar surface area (TPSA) is 96.9 Å². The molecule has 1 atom stereocenters. The van der Waals surface area contributed by atoms with Crippen LogP contribution >= 0.6 is 0 Å². The van der Waals surface area contributed by atoms with Gasteiger partial charge in [-0.15, -0.1) is 5.10 Å². The molecule has 0 unspecified atom stereocenters. The van der Waals surface area contributed by atoms with Crippen molar-refractivity contribution in [1.29, 1.82) is 0 Å². The lowest BCUT2D eigenvalue weighted by molar-refractivity contribution is 0.424. The average molecular weight is 535 g/mol. The highest BCUT2D eigenvalue weighted by atomic mass is 15.4. The molecule has 4 aliphatic rings. The number of rotatable bonds is 6. The molecule has 2 aromatic heterocycles. The minimum Gasteiger partial charge on any atom is -0.370 e. The van der Waals surface area contributed by atoms with Gasteiger partial charge in [0.2, 0.25) is 11.9 Å². The van der Waals surface area contributed by atoms with E-state index in [1.165, 1.54) is 34.4 Å². The van der Waals surface area contributed by atoms with E-state index in [9.17, 15) is 0 Å². The predicted octanol–water partition coefficient (Wildman–Crippen LogP) is 5.60. The Hall–Kier alpha value is -3.91. The minimum absolute atomic E-state index is 0.326. The van der Waals surface area contributed by atoms with Crippen LogP contribution in [0.2, 0.25) is 0 Å². The molecule has 0 radical (unpaired) electrons. The Morgan fingerprint density at radius 1 is 0.900 bits per heavy atom. The maximum absolute atomic E-state index is 6.45. The maximum Gasteiger partial charge on any atom is 0.248 e. The minimum atomic E-state index is 0.326. The fraction of sp³-hybridized carbons (Fsp3) is 0.406. The predicted molar refractivity (Wildman–Crippen MR) is 162 cm³/mol. The number of pyridine rings is 1. The molecular formula is C32H38N8. The fourth-order valence-electron chi connectivity index (χ4n) is 6.78. The number of anilines is 4. The molecule has 1 saturated heterocycles. The van der Waals surface area contributed by atoms with E-state index in [0.29, 0.717) is 29.9 Å². The largest absolute Gasteiger partial charge is 0.370 e. The van der Waals surface area contributed by atoms with Crippen LogP contribution in [-0.2, 0) is 12.8 Å². The van der Waals surface area contributed by atoms with Gasteiger partial charge in [0.05, 0.1) is 11.4 Å². The molecule has 2 aromatic carbocycles. The standard InChI is InChI=1S/C32H38N8/c1-20(2)34-25-11-8-21-9-13-26(18-24(21)10-12-25)35-32-37-31(33)40(38-32)28-19-27(22-6-4-3-5-7-22)30-29(36-28)23-14-16-39(30)17-15-23/h3-7,9,13,18-20,23,25,34H,8,10-12,14-17H2,1-2H3,(H3,33,35,37,38)/t25-/m0/s1. The summed E-state index contributed by atoms with van der Waals surface area (Å²) in [5.74, 6) is 2.00. The van der Waals surface area contributed by atoms with Crippen LogP contribution in [0, 0.1) is 0 Å². The summed E-state index contributed by atoms with van der Waals surface area (Å²) >= 11 is 0. The Morgan fingerprint density at radius 3 is 2.45 bits per heavy atom. The molecule has 3 aliphatic heterocycles. The van der Waals surface area contributed by atoms with E-state index in [4.69, 9.17) is 15.8 Å². The second kappa shape index (κ2) is 10.2. The van der Waals surface area contributed by atoms with Crippen molar-refractivity contribution in [2.24, 2.45) is 0 Å². The monoisotopic (exact) mass is 534 g/mol. The number of aromatic nitrogens is 4. The number of hydrogen-bond acceptors (Lipinski definition) is 7. The Balaban J connectivity index is 1.18. The molecule has 0 saturated carbocycles. The molecule has 4 N–H and O–H groups in total. The van der Waals surface area contributed by atoms with Gasteiger partial charge in [-0.2, -0.15) is 9.67 Å². The first-order valence-corrected chi connectivity index (χ1v) is 14.7. The molecule has 40 heavy (non-hydrogen) atoms. The van der Waals surface area contributed by atoms with Crippen LogP contribution in [-0.4, -0.2) is 44.9 Å². The number of fused-ring (bicyclic) bond motifs is 3. The summed E-state index contributed by atoms with van der Waals surface area (Å²) in [5.41, 5.74) is 15.1. The van der Waals surface area contributed by atoms with Gasteiger partial charge in [0.15, 0.2) is 5.82 Å². The van der Waals surface area contributed by atoms with Crippen molar-refractivity contribution in [1.82, 2.24) is 25.1 Å². The number of nitrogens with one attached hydrogen (secondary N) is 2. The summed E-state index contributed by atoms with van der Waals surface area (Å²) in [6, 6.07) is 20.4. The van der Waals surface area contributed by atoms with Gasteiger partial charge in [-0.3, -0.25) is 0 Å². The average Bonchev–Trinajstić information content (AvgIpc) is 3.22. The first-order chi connectivity index (χ1) is 19.5. The zero-order chi connectivity index (χ0) is 27.2. The van der Waals surface area contributed by atoms with Crippen LogP contribution in [0.15, 0.2) is 54.6 Å². The number of nitrogens with zero attached hydrogens (tertiary/aromatic N) is 5. The molecule has 206 valence electrons. The van der Waals surface area contributed by atoms with Crippen molar-refractivity contribution in [2.75, 3.05) is 29.0 Å². The third-order valence-corrected chi connectivity index (χ3v) is 8.69. The lowest BCUT2D eigenvalue weighted by Gasteiger charge is -2.42. The zero-order valence-electron chi connectivity index (χ0n) is 23.4. The van der Waals surface area contributed by atoms with Crippen molar-refractivity contribution < 1.29 is 0 Å². The normalized spacial score (nSPS) is 18.5. The van der Waals surface area contributed by atoms with Gasteiger partial charge in [-0.1, -0.05) is 50.2 Å². The Labute approximate surface area is 236 Å². The molecule has 8 rings (SSSR count). The van der Waals surface area contributed by atoms with Gasteiger partial charge in [0, 0.05) is 42.3 Å². The fourth-order valence-corrected chi connectivity index (χ4v) is 6.78. The number of aryl methyl sites for hydroxylation is 2. The first kappa shape index (κ1) is 25.1. The van der Waals surface area contributed by atoms with Crippen LogP contribution in [0.3, 0.4) is 0 Å². The summed E-state index contributed by atoms with van der Waals surface area (Å²) < 4.78 is 1.68. The SMILES string of the molecule is CC(C)N[C@H]1CCc2ccc(Nc3nc(N)n(-c4cc(-c5ccccc5)c5c(n4)C4CCN5CC4)n3)cc2CC1. The quantitative estimate of drug-likeness (QED) is 0.277. The third-order valence-electron chi connectivity index (χ3n) is 8.69. The Bertz CT molecular complexity index is 1520. The lowest BCUT2D eigenvalue weighted by Crippen LogP contribution is -2.40. The third kappa shape index (κ3) is 4.70. The summed E-state index contributed by atoms with van der Waals surface area (Å²) in [5, 5.41) is 11.9. The number of nitrogens with two attached hydrogens (primary N) is 1. The van der Waals surface area contributed by atoms with Gasteiger partial charge in [-0.05, 0) is 73.4 Å². The van der Waals surface area contributed by atoms with Gasteiger partial charge in [0.25, 0.3) is 0 Å². The van der Waals surface area contributed by atoms with Gasteiger partial charge >= 0.3 is 0 Å². The summed E-state index contributed by atoms with van der Waals surface area (Å²) in [6.07, 6.45) is 6.79. The second-order valence-electron chi connectivity index (χ2n) is 11.8. The molecule has 8 nitrogen and oxygen atoms in total. The van der Waals surface area contributed by atoms with Gasteiger partial charge in [-0.25, -0.2) is 4.98 Å². The number of nitrogen functional groups attached to an aromatic ring is 1. The molecule has 4 aromatic rings. The maximum atomic E-state index is 6.45. The molecule has 0 amide bonds. The van der Waals surface area contributed by atoms with E-state index in [-0.39, 0.29) is 0 Å². The summed E-state index contributed by atoms with van der Waals surface area (Å²) in [4.78, 5) is 12.2. The van der Waals surface area contributed by atoms with E-state index in [1.807, 2.05) is 0 Å². The molecule has 5 heterocycles. The second-order valence-corrected chi connectivity index (χ2v) is 11.8. The number of benzene rings is 2. The first-order valence-electron chi connectivity index (χ1n) is 14.7. The number of piperidine rings is 1. The van der Waals surface area contributed by atoms with Crippen molar-refractivity contribution in [2.45, 2.75) is 70.4 Å². The molecule has 1 fully saturated rings. The van der Waals surface area contributed by atoms with Crippen LogP contribution in [0.5, 0.6) is 0 Å². The van der Waals surface area contributed by atoms with E-state index < -0.39 is 0 Å². The lowest BCUT2D eigenvalue weighted by atomic mass is 9.84. The smallest absolute Gasteiger partial charge is 0.248 e. The van der Waals surface area contributed by atoms with E-state index in [1.54, 1.807) is 4.68 Å². The molecule has 8 heteroatoms. The van der Waals surface area contributed by atoms with Crippen LogP contribution in [0.1, 0.15) is 62.3 Å². The van der Waals surface area contributed by atoms with E-state index in [2.05, 4.69) is 89.0 Å². The molecule has 2 bridgehead atoms. The zero-order valence-corrected chi connectivity index (χ0v) is 23.4. The van der Waals surface area contributed by atoms with Crippen LogP contribution < -0.4 is 21.3 Å². The van der Waals surface area contributed by atoms with Gasteiger partial charge < -0.3 is 21.3 Å². The summed E-state index contributed by atoms with van der Waals surface area (Å²) in [6.45, 7) is 6.63. The molecule has 0 spiro atoms. The Morgan fingerprint density at radius 2 is 1.68 bits per heavy atom. The summed E-state index contributed by atoms with van der Waals surface area (Å²) in [7, 11) is 0. The molecular weight excluding hydrogens is 496 g/mol. The van der Waals surface area contributed by atoms with Crippen molar-refractivity contribution in [3.05, 3.63) is 71.4 Å². The van der Waals surface area contributed by atoms with Crippen LogP contribution in [0.4, 0.5) is 23.3 Å². The highest BCUT2D eigenvalue weighted by Crippen LogP contribution is 2.46. The van der Waals surface area contributed by atoms with Crippen molar-refractivity contribution in [3.8, 4) is 16.9 Å². The molecule has 1 aliphatic carbocycles. The van der Waals surface area contributed by atoms with Crippen LogP contribution in [0.25, 0.3) is 16.9 Å². The highest BCUT2D eigenvalue weighted by molar-refractivity contribution is 5.83. The Kier molecular flexibility index (Phi) is 6.42.